The molecule has 2 unspecified atom stereocenters. The fraction of sp³-hybridized carbons (Fsp3) is 0.633. The van der Waals surface area contributed by atoms with E-state index in [1.54, 1.807) is 6.08 Å². The van der Waals surface area contributed by atoms with Crippen LogP contribution in [0, 0.1) is 34.5 Å². The Morgan fingerprint density at radius 3 is 2.74 bits per heavy atom. The molecular weight excluding hydrogens is 504 g/mol. The molecule has 1 saturated heterocycles. The molecule has 4 aliphatic carbocycles. The third-order valence-electron chi connectivity index (χ3n) is 10.1. The highest BCUT2D eigenvalue weighted by molar-refractivity contribution is 6.30. The number of ketones is 1. The van der Waals surface area contributed by atoms with Crippen LogP contribution in [0.1, 0.15) is 53.5 Å². The minimum Gasteiger partial charge on any atom is -0.466 e. The molecule has 8 atom stereocenters. The Hall–Kier alpha value is -2.06. The first-order valence-electron chi connectivity index (χ1n) is 13.5. The Kier molecular flexibility index (Phi) is 5.67. The van der Waals surface area contributed by atoms with Crippen LogP contribution in [0.5, 0.6) is 5.88 Å². The minimum atomic E-state index is -1.72. The molecule has 0 aromatic carbocycles. The zero-order valence-electron chi connectivity index (χ0n) is 23.0. The number of carbonyl (C=O) groups excluding carboxylic acids is 1. The van der Waals surface area contributed by atoms with Gasteiger partial charge >= 0.3 is 0 Å². The molecule has 1 aromatic rings. The maximum atomic E-state index is 14.8. The number of hydrogen-bond acceptors (Lipinski definition) is 7. The summed E-state index contributed by atoms with van der Waals surface area (Å²) in [4.78, 5) is 23.3. The van der Waals surface area contributed by atoms with E-state index in [1.165, 1.54) is 6.33 Å². The average molecular weight is 541 g/mol. The zero-order chi connectivity index (χ0) is 27.4. The molecule has 38 heavy (non-hydrogen) atoms. The van der Waals surface area contributed by atoms with Crippen LogP contribution in [-0.4, -0.2) is 51.1 Å². The minimum absolute atomic E-state index is 0.0476. The van der Waals surface area contributed by atoms with Crippen LogP contribution in [-0.2, 0) is 20.7 Å². The second-order valence-electron chi connectivity index (χ2n) is 12.9. The van der Waals surface area contributed by atoms with E-state index in [1.807, 2.05) is 26.8 Å². The van der Waals surface area contributed by atoms with E-state index < -0.39 is 29.0 Å². The molecule has 0 radical (unpaired) electrons. The van der Waals surface area contributed by atoms with E-state index in [-0.39, 0.29) is 46.6 Å². The second kappa shape index (κ2) is 8.23. The third kappa shape index (κ3) is 3.28. The maximum absolute atomic E-state index is 14.8. The van der Waals surface area contributed by atoms with Crippen molar-refractivity contribution in [3.05, 3.63) is 53.0 Å². The number of Topliss-reactive ketones (excluding diaryl/α,β-unsaturated/α-hetero) is 1. The van der Waals surface area contributed by atoms with Gasteiger partial charge in [-0.2, -0.15) is 0 Å². The van der Waals surface area contributed by atoms with Gasteiger partial charge in [0.25, 0.3) is 0 Å². The summed E-state index contributed by atoms with van der Waals surface area (Å²) in [6.45, 7) is 16.3. The van der Waals surface area contributed by atoms with Gasteiger partial charge in [0.15, 0.2) is 23.3 Å². The summed E-state index contributed by atoms with van der Waals surface area (Å²) in [5.74, 6) is -0.474. The number of hydrogen-bond donors (Lipinski definition) is 1. The highest BCUT2D eigenvalue weighted by Crippen LogP contribution is 2.72. The lowest BCUT2D eigenvalue weighted by atomic mass is 9.59. The number of nitrogens with zero attached hydrogens (tertiary/aromatic N) is 2. The molecule has 1 spiro atoms. The molecule has 2 bridgehead atoms. The summed E-state index contributed by atoms with van der Waals surface area (Å²) in [7, 11) is 0. The third-order valence-corrected chi connectivity index (χ3v) is 10.4. The van der Waals surface area contributed by atoms with Crippen LogP contribution in [0.25, 0.3) is 0 Å². The van der Waals surface area contributed by atoms with Gasteiger partial charge < -0.3 is 19.3 Å². The zero-order valence-corrected chi connectivity index (χ0v) is 23.7. The van der Waals surface area contributed by atoms with Crippen molar-refractivity contribution in [1.82, 2.24) is 9.97 Å². The highest BCUT2D eigenvalue weighted by Gasteiger charge is 2.77. The van der Waals surface area contributed by atoms with Gasteiger partial charge in [0.05, 0.1) is 17.6 Å². The summed E-state index contributed by atoms with van der Waals surface area (Å²) < 4.78 is 19.2. The first kappa shape index (κ1) is 26.2. The Morgan fingerprint density at radius 2 is 2.03 bits per heavy atom. The van der Waals surface area contributed by atoms with Crippen molar-refractivity contribution in [1.29, 1.82) is 0 Å². The number of allylic oxidation sites excluding steroid dienone is 2. The van der Waals surface area contributed by atoms with E-state index >= 15 is 0 Å². The van der Waals surface area contributed by atoms with Crippen molar-refractivity contribution in [3.8, 4) is 5.88 Å². The largest absolute Gasteiger partial charge is 0.466 e. The van der Waals surface area contributed by atoms with Crippen LogP contribution in [0.2, 0.25) is 5.15 Å². The number of aromatic nitrogens is 2. The fourth-order valence-corrected chi connectivity index (χ4v) is 8.41. The average Bonchev–Trinajstić information content (AvgIpc) is 3.33. The Balaban J connectivity index is 1.55. The van der Waals surface area contributed by atoms with Gasteiger partial charge in [0, 0.05) is 5.92 Å². The van der Waals surface area contributed by atoms with Crippen LogP contribution in [0.3, 0.4) is 0 Å². The summed E-state index contributed by atoms with van der Waals surface area (Å²) in [6, 6.07) is 0. The van der Waals surface area contributed by atoms with Gasteiger partial charge in [-0.05, 0) is 67.9 Å². The molecule has 1 aliphatic heterocycles. The number of fused-ring (bicyclic) bond motifs is 5. The van der Waals surface area contributed by atoms with Crippen LogP contribution in [0.4, 0.5) is 0 Å². The molecule has 7 nitrogen and oxygen atoms in total. The Morgan fingerprint density at radius 1 is 1.29 bits per heavy atom. The summed E-state index contributed by atoms with van der Waals surface area (Å²) >= 11 is 6.41. The molecule has 8 heteroatoms. The molecule has 1 aromatic heterocycles. The second-order valence-corrected chi connectivity index (χ2v) is 13.3. The molecule has 5 aliphatic rings. The first-order valence-corrected chi connectivity index (χ1v) is 13.9. The van der Waals surface area contributed by atoms with E-state index in [4.69, 9.17) is 25.8 Å². The topological polar surface area (TPSA) is 90.8 Å². The molecule has 2 saturated carbocycles. The Bertz CT molecular complexity index is 1290. The van der Waals surface area contributed by atoms with Crippen molar-refractivity contribution >= 4 is 17.4 Å². The highest BCUT2D eigenvalue weighted by atomic mass is 35.5. The van der Waals surface area contributed by atoms with Gasteiger partial charge in [-0.1, -0.05) is 50.6 Å². The predicted molar refractivity (Wildman–Crippen MR) is 143 cm³/mol. The quantitative estimate of drug-likeness (QED) is 0.430. The van der Waals surface area contributed by atoms with Crippen LogP contribution in [0.15, 0.2) is 42.3 Å². The Labute approximate surface area is 229 Å². The van der Waals surface area contributed by atoms with Crippen molar-refractivity contribution in [3.63, 3.8) is 0 Å². The lowest BCUT2D eigenvalue weighted by Crippen LogP contribution is -2.68. The van der Waals surface area contributed by atoms with Gasteiger partial charge in [-0.3, -0.25) is 4.79 Å². The summed E-state index contributed by atoms with van der Waals surface area (Å²) in [5, 5.41) is 13.4. The number of halogens is 1. The van der Waals surface area contributed by atoms with Crippen molar-refractivity contribution in [2.45, 2.75) is 78.0 Å². The predicted octanol–water partition coefficient (Wildman–Crippen LogP) is 4.87. The monoisotopic (exact) mass is 540 g/mol. The fourth-order valence-electron chi connectivity index (χ4n) is 8.20. The van der Waals surface area contributed by atoms with E-state index in [0.29, 0.717) is 17.9 Å². The lowest BCUT2D eigenvalue weighted by Gasteiger charge is -2.52. The molecule has 204 valence electrons. The smallest absolute Gasteiger partial charge is 0.222 e. The van der Waals surface area contributed by atoms with E-state index in [9.17, 15) is 9.90 Å². The lowest BCUT2D eigenvalue weighted by molar-refractivity contribution is -0.301. The molecular formula is C30H37ClN2O5. The normalized spacial score (nSPS) is 41.9. The van der Waals surface area contributed by atoms with Crippen molar-refractivity contribution < 1.29 is 24.1 Å². The number of rotatable bonds is 4. The van der Waals surface area contributed by atoms with Gasteiger partial charge in [0.1, 0.15) is 17.6 Å². The van der Waals surface area contributed by atoms with Gasteiger partial charge in [-0.25, -0.2) is 9.97 Å². The van der Waals surface area contributed by atoms with E-state index in [2.05, 4.69) is 43.4 Å². The standard InChI is InChI=1S/C30H37ClN2O5/c1-8-9-18-25(31)32-14-33-26(18)37-23-15(2)12-29-16(3)10-20-21(27(20,4)5)19(22(29)34)11-17-13-36-28(6,7)38-24(17)30(23,29)35/h8,11-12,14,16,19-21,23-24,35H,1,9-10,13H2,2-7H3/t16-,19+,20?,21?,23+,24-,29+,30-/m1/s1. The summed E-state index contributed by atoms with van der Waals surface area (Å²) in [6.07, 6.45) is 6.62. The molecule has 3 fully saturated rings. The van der Waals surface area contributed by atoms with Gasteiger partial charge in [0.2, 0.25) is 5.88 Å². The molecule has 2 heterocycles. The SMILES string of the molecule is C=CCc1c(Cl)ncnc1O[C@H]1C(C)=C[C@]23C(=O)[C@@H](C=C4COC(C)(C)O[C@H]4[C@]12O)C1C(C[C@H]3C)C1(C)C. The molecule has 0 amide bonds. The van der Waals surface area contributed by atoms with E-state index in [0.717, 1.165) is 17.6 Å². The van der Waals surface area contributed by atoms with Crippen LogP contribution >= 0.6 is 11.6 Å². The van der Waals surface area contributed by atoms with Gasteiger partial charge in [-0.15, -0.1) is 6.58 Å². The van der Waals surface area contributed by atoms with Crippen molar-refractivity contribution in [2.75, 3.05) is 6.61 Å². The molecule has 1 N–H and O–H groups in total. The number of carbonyl (C=O) groups is 1. The number of aliphatic hydroxyl groups is 1. The van der Waals surface area contributed by atoms with Crippen LogP contribution < -0.4 is 4.74 Å². The maximum Gasteiger partial charge on any atom is 0.222 e. The first-order chi connectivity index (χ1) is 17.8. The molecule has 6 rings (SSSR count). The summed E-state index contributed by atoms with van der Waals surface area (Å²) in [5.41, 5.74) is -0.701. The number of ether oxygens (including phenoxy) is 3. The van der Waals surface area contributed by atoms with Crippen molar-refractivity contribution in [2.24, 2.45) is 34.5 Å².